The normalized spacial score (nSPS) is 24.5. The molecule has 3 aromatic rings. The van der Waals surface area contributed by atoms with Gasteiger partial charge in [-0.15, -0.1) is 0 Å². The van der Waals surface area contributed by atoms with E-state index in [1.807, 2.05) is 42.5 Å². The minimum Gasteiger partial charge on any atom is -0.487 e. The first-order chi connectivity index (χ1) is 21.4. The van der Waals surface area contributed by atoms with Gasteiger partial charge in [-0.3, -0.25) is 29.5 Å². The van der Waals surface area contributed by atoms with Crippen molar-refractivity contribution in [3.63, 3.8) is 0 Å². The third-order valence-electron chi connectivity index (χ3n) is 9.12. The number of carbonyl (C=O) groups excluding carboxylic acids is 3. The summed E-state index contributed by atoms with van der Waals surface area (Å²) in [6.07, 6.45) is 1.51. The zero-order chi connectivity index (χ0) is 30.2. The Labute approximate surface area is 261 Å². The average Bonchev–Trinajstić information content (AvgIpc) is 3.32. The van der Waals surface area contributed by atoms with Gasteiger partial charge >= 0.3 is 0 Å². The molecule has 0 bridgehead atoms. The maximum Gasteiger partial charge on any atom is 0.255 e. The van der Waals surface area contributed by atoms with Gasteiger partial charge in [-0.05, 0) is 54.3 Å². The van der Waals surface area contributed by atoms with Crippen LogP contribution in [0.5, 0.6) is 11.5 Å². The molecule has 1 N–H and O–H groups in total. The van der Waals surface area contributed by atoms with Crippen molar-refractivity contribution in [1.82, 2.24) is 20.0 Å². The Morgan fingerprint density at radius 2 is 1.68 bits per heavy atom. The number of para-hydroxylation sites is 1. The lowest BCUT2D eigenvalue weighted by molar-refractivity contribution is -0.136. The van der Waals surface area contributed by atoms with E-state index in [9.17, 15) is 14.4 Å². The highest BCUT2D eigenvalue weighted by molar-refractivity contribution is 6.32. The molecule has 228 valence electrons. The summed E-state index contributed by atoms with van der Waals surface area (Å²) in [7, 11) is 0. The number of carbonyl (C=O) groups is 3. The number of imide groups is 1. The maximum absolute atomic E-state index is 13.2. The Bertz CT molecular complexity index is 1560. The molecular weight excluding hydrogens is 580 g/mol. The first-order valence-electron chi connectivity index (χ1n) is 15.3. The van der Waals surface area contributed by atoms with Gasteiger partial charge in [0.05, 0.1) is 5.02 Å². The van der Waals surface area contributed by atoms with Gasteiger partial charge in [-0.2, -0.15) is 0 Å². The van der Waals surface area contributed by atoms with E-state index in [2.05, 4.69) is 39.4 Å². The Kier molecular flexibility index (Phi) is 8.01. The van der Waals surface area contributed by atoms with Crippen LogP contribution in [0.2, 0.25) is 5.02 Å². The summed E-state index contributed by atoms with van der Waals surface area (Å²) in [5.41, 5.74) is 2.68. The maximum atomic E-state index is 13.2. The second-order valence-electron chi connectivity index (χ2n) is 12.1. The van der Waals surface area contributed by atoms with E-state index < -0.39 is 11.9 Å². The van der Waals surface area contributed by atoms with Crippen LogP contribution in [0.1, 0.15) is 40.7 Å². The molecular formula is C34H35ClN4O5. The lowest BCUT2D eigenvalue weighted by Crippen LogP contribution is -2.65. The van der Waals surface area contributed by atoms with Crippen molar-refractivity contribution < 1.29 is 23.9 Å². The summed E-state index contributed by atoms with van der Waals surface area (Å²) in [6, 6.07) is 23.2. The lowest BCUT2D eigenvalue weighted by atomic mass is 9.95. The zero-order valence-electron chi connectivity index (χ0n) is 24.4. The minimum atomic E-state index is -0.640. The van der Waals surface area contributed by atoms with Crippen LogP contribution >= 0.6 is 11.6 Å². The fraction of sp³-hybridized carbons (Fsp3) is 0.382. The Hall–Kier alpha value is -3.92. The Balaban J connectivity index is 1.05. The molecule has 3 atom stereocenters. The number of hydrogen-bond acceptors (Lipinski definition) is 7. The Morgan fingerprint density at radius 3 is 2.48 bits per heavy atom. The lowest BCUT2D eigenvalue weighted by Gasteiger charge is -2.49. The van der Waals surface area contributed by atoms with Crippen LogP contribution in [0.3, 0.4) is 0 Å². The number of nitrogens with one attached hydrogen (secondary N) is 1. The summed E-state index contributed by atoms with van der Waals surface area (Å²) in [4.78, 5) is 43.8. The topological polar surface area (TPSA) is 91.4 Å². The number of rotatable bonds is 8. The van der Waals surface area contributed by atoms with E-state index in [0.29, 0.717) is 35.1 Å². The summed E-state index contributed by atoms with van der Waals surface area (Å²) in [5, 5.41) is 2.98. The van der Waals surface area contributed by atoms with Gasteiger partial charge in [-0.25, -0.2) is 0 Å². The molecule has 0 saturated carbocycles. The molecule has 4 aliphatic heterocycles. The smallest absolute Gasteiger partial charge is 0.255 e. The summed E-state index contributed by atoms with van der Waals surface area (Å²) in [5.74, 6) is 0.536. The van der Waals surface area contributed by atoms with Crippen molar-refractivity contribution in [2.24, 2.45) is 0 Å². The third-order valence-corrected chi connectivity index (χ3v) is 9.43. The highest BCUT2D eigenvalue weighted by Crippen LogP contribution is 2.33. The first kappa shape index (κ1) is 28.8. The number of benzene rings is 3. The molecule has 4 aliphatic rings. The number of hydrogen-bond donors (Lipinski definition) is 1. The van der Waals surface area contributed by atoms with Gasteiger partial charge in [-0.1, -0.05) is 54.1 Å². The molecule has 3 aromatic carbocycles. The molecule has 3 saturated heterocycles. The molecule has 10 heteroatoms. The number of nitrogens with zero attached hydrogens (tertiary/aromatic N) is 3. The number of likely N-dealkylation sites (tertiary alicyclic amines) is 2. The molecule has 4 heterocycles. The van der Waals surface area contributed by atoms with E-state index in [-0.39, 0.29) is 36.5 Å². The van der Waals surface area contributed by atoms with E-state index >= 15 is 0 Å². The predicted molar refractivity (Wildman–Crippen MR) is 164 cm³/mol. The molecule has 44 heavy (non-hydrogen) atoms. The summed E-state index contributed by atoms with van der Waals surface area (Å²) < 4.78 is 12.9. The van der Waals surface area contributed by atoms with Crippen molar-refractivity contribution in [2.75, 3.05) is 26.2 Å². The van der Waals surface area contributed by atoms with Crippen molar-refractivity contribution in [3.05, 3.63) is 94.5 Å². The molecule has 7 rings (SSSR count). The Morgan fingerprint density at radius 1 is 0.886 bits per heavy atom. The number of fused-ring (bicyclic) bond motifs is 1. The largest absolute Gasteiger partial charge is 0.487 e. The monoisotopic (exact) mass is 614 g/mol. The van der Waals surface area contributed by atoms with Crippen molar-refractivity contribution >= 4 is 29.3 Å². The molecule has 0 spiro atoms. The third kappa shape index (κ3) is 5.92. The quantitative estimate of drug-likeness (QED) is 0.385. The minimum absolute atomic E-state index is 0.0715. The van der Waals surface area contributed by atoms with Crippen LogP contribution in [-0.4, -0.2) is 82.9 Å². The van der Waals surface area contributed by atoms with Gasteiger partial charge in [0.2, 0.25) is 11.8 Å². The molecule has 9 nitrogen and oxygen atoms in total. The molecule has 3 amide bonds. The molecule has 3 unspecified atom stereocenters. The van der Waals surface area contributed by atoms with E-state index in [1.165, 1.54) is 5.56 Å². The van der Waals surface area contributed by atoms with Crippen molar-refractivity contribution in [1.29, 1.82) is 0 Å². The van der Waals surface area contributed by atoms with Gasteiger partial charge in [0, 0.05) is 57.3 Å². The zero-order valence-corrected chi connectivity index (χ0v) is 25.1. The number of halogens is 1. The average molecular weight is 615 g/mol. The van der Waals surface area contributed by atoms with Gasteiger partial charge in [0.1, 0.15) is 29.7 Å². The fourth-order valence-corrected chi connectivity index (χ4v) is 7.00. The predicted octanol–water partition coefficient (Wildman–Crippen LogP) is 3.89. The molecule has 3 fully saturated rings. The number of ether oxygens (including phenoxy) is 2. The van der Waals surface area contributed by atoms with Crippen molar-refractivity contribution in [2.45, 2.75) is 56.6 Å². The van der Waals surface area contributed by atoms with Crippen LogP contribution in [0, 0.1) is 0 Å². The number of amides is 3. The van der Waals surface area contributed by atoms with E-state index in [1.54, 1.807) is 11.0 Å². The fourth-order valence-electron chi connectivity index (χ4n) is 6.82. The second-order valence-corrected chi connectivity index (χ2v) is 12.5. The van der Waals surface area contributed by atoms with Crippen LogP contribution in [0.15, 0.2) is 72.8 Å². The van der Waals surface area contributed by atoms with E-state index in [0.717, 1.165) is 44.7 Å². The highest BCUT2D eigenvalue weighted by atomic mass is 35.5. The molecule has 0 aromatic heterocycles. The standard InChI is InChI=1S/C34H35ClN4O5/c35-27-8-4-5-9-30(27)44-25-19-38(20-25)28-14-15-37(17-22-6-2-1-3-7-22)21-31(28)43-24-10-11-26-23(16-24)18-39(34(26)42)29-12-13-32(40)36-33(29)41/h1-11,16,25,28-29,31H,12-15,17-21H2,(H,36,40,41). The van der Waals surface area contributed by atoms with Gasteiger partial charge in [0.25, 0.3) is 5.91 Å². The SMILES string of the molecule is O=C1CCC(N2Cc3cc(OC4CN(Cc5ccccc5)CCC4N4CC(Oc5ccccc5Cl)C4)ccc3C2=O)C(=O)N1. The van der Waals surface area contributed by atoms with Gasteiger partial charge in [0.15, 0.2) is 0 Å². The van der Waals surface area contributed by atoms with Gasteiger partial charge < -0.3 is 14.4 Å². The summed E-state index contributed by atoms with van der Waals surface area (Å²) >= 11 is 6.32. The summed E-state index contributed by atoms with van der Waals surface area (Å²) in [6.45, 7) is 4.50. The molecule has 0 radical (unpaired) electrons. The second kappa shape index (κ2) is 12.2. The first-order valence-corrected chi connectivity index (χ1v) is 15.6. The highest BCUT2D eigenvalue weighted by Gasteiger charge is 2.42. The van der Waals surface area contributed by atoms with Crippen LogP contribution < -0.4 is 14.8 Å². The van der Waals surface area contributed by atoms with Crippen LogP contribution in [0.25, 0.3) is 0 Å². The van der Waals surface area contributed by atoms with Crippen LogP contribution in [-0.2, 0) is 22.7 Å². The number of piperidine rings is 2. The van der Waals surface area contributed by atoms with E-state index in [4.69, 9.17) is 21.1 Å². The van der Waals surface area contributed by atoms with Crippen LogP contribution in [0.4, 0.5) is 0 Å². The molecule has 0 aliphatic carbocycles. The van der Waals surface area contributed by atoms with Crippen molar-refractivity contribution in [3.8, 4) is 11.5 Å².